The second-order valence-corrected chi connectivity index (χ2v) is 8.65. The molecule has 0 N–H and O–H groups in total. The average molecular weight is 353 g/mol. The molecular weight excluding hydrogens is 312 g/mol. The van der Waals surface area contributed by atoms with Crippen molar-refractivity contribution in [2.24, 2.45) is 11.8 Å². The number of hydrogen-bond donors (Lipinski definition) is 0. The number of rotatable bonds is 8. The van der Waals surface area contributed by atoms with E-state index in [2.05, 4.69) is 47.4 Å². The predicted molar refractivity (Wildman–Crippen MR) is 105 cm³/mol. The third kappa shape index (κ3) is 7.63. The van der Waals surface area contributed by atoms with Crippen molar-refractivity contribution in [2.75, 3.05) is 72.5 Å². The Morgan fingerprint density at radius 2 is 1.28 bits per heavy atom. The molecule has 5 heteroatoms. The molecule has 2 saturated heterocycles. The van der Waals surface area contributed by atoms with E-state index in [0.29, 0.717) is 18.2 Å². The molecule has 5 nitrogen and oxygen atoms in total. The monoisotopic (exact) mass is 352 g/mol. The van der Waals surface area contributed by atoms with Gasteiger partial charge in [-0.1, -0.05) is 20.8 Å². The van der Waals surface area contributed by atoms with Crippen molar-refractivity contribution in [1.82, 2.24) is 19.6 Å². The molecule has 0 saturated carbocycles. The van der Waals surface area contributed by atoms with Crippen molar-refractivity contribution in [3.05, 3.63) is 0 Å². The molecule has 2 aliphatic heterocycles. The van der Waals surface area contributed by atoms with Crippen molar-refractivity contribution in [1.29, 1.82) is 0 Å². The van der Waals surface area contributed by atoms with Gasteiger partial charge >= 0.3 is 0 Å². The van der Waals surface area contributed by atoms with E-state index in [4.69, 9.17) is 0 Å². The number of piperazine rings is 2. The summed E-state index contributed by atoms with van der Waals surface area (Å²) in [6, 6.07) is 0. The van der Waals surface area contributed by atoms with Gasteiger partial charge in [-0.25, -0.2) is 0 Å². The molecule has 0 aromatic rings. The Morgan fingerprint density at radius 3 is 1.76 bits per heavy atom. The van der Waals surface area contributed by atoms with E-state index in [-0.39, 0.29) is 0 Å². The van der Waals surface area contributed by atoms with Crippen LogP contribution in [-0.2, 0) is 4.79 Å². The summed E-state index contributed by atoms with van der Waals surface area (Å²) in [7, 11) is 2.22. The number of carbonyl (C=O) groups excluding carboxylic acids is 1. The van der Waals surface area contributed by atoms with Gasteiger partial charge in [0.25, 0.3) is 0 Å². The largest absolute Gasteiger partial charge is 0.340 e. The standard InChI is InChI=1S/C20H40N4O/c1-18(2)17-20(25)24-15-13-23(14-16-24)8-6-19(3)5-7-22-11-9-21(4)10-12-22/h18-19H,5-17H2,1-4H3. The summed E-state index contributed by atoms with van der Waals surface area (Å²) in [5.41, 5.74) is 0. The first-order valence-electron chi connectivity index (χ1n) is 10.3. The summed E-state index contributed by atoms with van der Waals surface area (Å²) >= 11 is 0. The molecule has 0 bridgehead atoms. The highest BCUT2D eigenvalue weighted by molar-refractivity contribution is 5.76. The van der Waals surface area contributed by atoms with Gasteiger partial charge in [-0.15, -0.1) is 0 Å². The minimum atomic E-state index is 0.343. The second-order valence-electron chi connectivity index (χ2n) is 8.65. The second kappa shape index (κ2) is 10.5. The highest BCUT2D eigenvalue weighted by atomic mass is 16.2. The quantitative estimate of drug-likeness (QED) is 0.667. The lowest BCUT2D eigenvalue weighted by molar-refractivity contribution is -0.133. The number of hydrogen-bond acceptors (Lipinski definition) is 4. The van der Waals surface area contributed by atoms with Gasteiger partial charge in [0.2, 0.25) is 5.91 Å². The summed E-state index contributed by atoms with van der Waals surface area (Å²) in [6.07, 6.45) is 3.30. The van der Waals surface area contributed by atoms with Crippen LogP contribution in [0.1, 0.15) is 40.0 Å². The smallest absolute Gasteiger partial charge is 0.222 e. The van der Waals surface area contributed by atoms with E-state index in [0.717, 1.165) is 32.1 Å². The van der Waals surface area contributed by atoms with Gasteiger partial charge in [-0.05, 0) is 44.8 Å². The molecule has 1 unspecified atom stereocenters. The van der Waals surface area contributed by atoms with Crippen molar-refractivity contribution in [2.45, 2.75) is 40.0 Å². The zero-order valence-corrected chi connectivity index (χ0v) is 17.0. The SMILES string of the molecule is CC(C)CC(=O)N1CCN(CCC(C)CCN2CCN(C)CC2)CC1. The summed E-state index contributed by atoms with van der Waals surface area (Å²) in [5, 5.41) is 0. The molecule has 2 fully saturated rings. The van der Waals surface area contributed by atoms with Gasteiger partial charge in [-0.3, -0.25) is 9.69 Å². The first-order valence-corrected chi connectivity index (χ1v) is 10.3. The number of likely N-dealkylation sites (N-methyl/N-ethyl adjacent to an activating group) is 1. The summed E-state index contributed by atoms with van der Waals surface area (Å²) in [4.78, 5) is 21.8. The molecule has 0 aromatic heterocycles. The van der Waals surface area contributed by atoms with Crippen LogP contribution in [0.3, 0.4) is 0 Å². The van der Waals surface area contributed by atoms with Crippen LogP contribution in [0, 0.1) is 11.8 Å². The molecule has 2 aliphatic rings. The van der Waals surface area contributed by atoms with E-state index in [9.17, 15) is 4.79 Å². The van der Waals surface area contributed by atoms with Crippen molar-refractivity contribution in [3.8, 4) is 0 Å². The highest BCUT2D eigenvalue weighted by Gasteiger charge is 2.21. The van der Waals surface area contributed by atoms with E-state index < -0.39 is 0 Å². The summed E-state index contributed by atoms with van der Waals surface area (Å²) in [5.74, 6) is 1.60. The maximum absolute atomic E-state index is 12.1. The molecule has 0 aromatic carbocycles. The van der Waals surface area contributed by atoms with Crippen molar-refractivity contribution in [3.63, 3.8) is 0 Å². The van der Waals surface area contributed by atoms with Gasteiger partial charge < -0.3 is 14.7 Å². The average Bonchev–Trinajstić information content (AvgIpc) is 2.59. The van der Waals surface area contributed by atoms with E-state index >= 15 is 0 Å². The normalized spacial score (nSPS) is 22.5. The first-order chi connectivity index (χ1) is 11.9. The maximum Gasteiger partial charge on any atom is 0.222 e. The zero-order valence-electron chi connectivity index (χ0n) is 17.0. The number of nitrogens with zero attached hydrogens (tertiary/aromatic N) is 4. The molecule has 25 heavy (non-hydrogen) atoms. The molecule has 1 amide bonds. The van der Waals surface area contributed by atoms with Crippen LogP contribution in [-0.4, -0.2) is 98.0 Å². The fourth-order valence-corrected chi connectivity index (χ4v) is 3.72. The van der Waals surface area contributed by atoms with Gasteiger partial charge in [0.15, 0.2) is 0 Å². The minimum absolute atomic E-state index is 0.343. The van der Waals surface area contributed by atoms with Gasteiger partial charge in [0, 0.05) is 58.8 Å². The number of carbonyl (C=O) groups is 1. The van der Waals surface area contributed by atoms with Gasteiger partial charge in [0.1, 0.15) is 0 Å². The third-order valence-electron chi connectivity index (χ3n) is 5.78. The molecule has 1 atom stereocenters. The van der Waals surface area contributed by atoms with E-state index in [1.807, 2.05) is 0 Å². The van der Waals surface area contributed by atoms with Crippen LogP contribution < -0.4 is 0 Å². The Kier molecular flexibility index (Phi) is 8.67. The molecule has 0 aliphatic carbocycles. The van der Waals surface area contributed by atoms with Gasteiger partial charge in [-0.2, -0.15) is 0 Å². The number of amides is 1. The Morgan fingerprint density at radius 1 is 0.800 bits per heavy atom. The molecule has 146 valence electrons. The van der Waals surface area contributed by atoms with Gasteiger partial charge in [0.05, 0.1) is 0 Å². The van der Waals surface area contributed by atoms with Crippen LogP contribution in [0.4, 0.5) is 0 Å². The Hall–Kier alpha value is -0.650. The lowest BCUT2D eigenvalue weighted by Crippen LogP contribution is -2.49. The Bertz CT molecular complexity index is 385. The van der Waals surface area contributed by atoms with Crippen LogP contribution in [0.5, 0.6) is 0 Å². The van der Waals surface area contributed by atoms with Crippen LogP contribution >= 0.6 is 0 Å². The third-order valence-corrected chi connectivity index (χ3v) is 5.78. The topological polar surface area (TPSA) is 30.0 Å². The van der Waals surface area contributed by atoms with Crippen LogP contribution in [0.2, 0.25) is 0 Å². The minimum Gasteiger partial charge on any atom is -0.340 e. The maximum atomic E-state index is 12.1. The molecule has 0 spiro atoms. The Balaban J connectivity index is 1.55. The lowest BCUT2D eigenvalue weighted by atomic mass is 10.0. The fourth-order valence-electron chi connectivity index (χ4n) is 3.72. The summed E-state index contributed by atoms with van der Waals surface area (Å²) in [6.45, 7) is 17.9. The zero-order chi connectivity index (χ0) is 18.2. The van der Waals surface area contributed by atoms with Crippen molar-refractivity contribution >= 4 is 5.91 Å². The van der Waals surface area contributed by atoms with Crippen molar-refractivity contribution < 1.29 is 4.79 Å². The molecule has 0 radical (unpaired) electrons. The van der Waals surface area contributed by atoms with Crippen LogP contribution in [0.25, 0.3) is 0 Å². The highest BCUT2D eigenvalue weighted by Crippen LogP contribution is 2.13. The molecule has 2 heterocycles. The molecular formula is C20H40N4O. The Labute approximate surface area is 155 Å². The van der Waals surface area contributed by atoms with Crippen LogP contribution in [0.15, 0.2) is 0 Å². The lowest BCUT2D eigenvalue weighted by Gasteiger charge is -2.36. The fraction of sp³-hybridized carbons (Fsp3) is 0.950. The predicted octanol–water partition coefficient (Wildman–Crippen LogP) is 1.84. The van der Waals surface area contributed by atoms with E-state index in [1.165, 1.54) is 52.1 Å². The first kappa shape index (κ1) is 20.7. The van der Waals surface area contributed by atoms with E-state index in [1.54, 1.807) is 0 Å². The molecule has 2 rings (SSSR count). The summed E-state index contributed by atoms with van der Waals surface area (Å²) < 4.78 is 0.